The van der Waals surface area contributed by atoms with E-state index in [0.29, 0.717) is 17.9 Å². The van der Waals surface area contributed by atoms with Crippen molar-refractivity contribution in [3.05, 3.63) is 82.8 Å². The third-order valence-electron chi connectivity index (χ3n) is 5.50. The Labute approximate surface area is 205 Å². The molecule has 0 aliphatic heterocycles. The lowest BCUT2D eigenvalue weighted by atomic mass is 10.2. The molecule has 3 N–H and O–H groups in total. The Bertz CT molecular complexity index is 1310. The Morgan fingerprint density at radius 1 is 0.914 bits per heavy atom. The van der Waals surface area contributed by atoms with Crippen LogP contribution in [-0.2, 0) is 16.6 Å². The molecule has 0 aliphatic carbocycles. The smallest absolute Gasteiger partial charge is 0.305 e. The number of nitrogens with one attached hydrogen (secondary N) is 3. The molecule has 0 fully saturated rings. The van der Waals surface area contributed by atoms with E-state index in [9.17, 15) is 18.0 Å². The molecule has 0 saturated heterocycles. The Kier molecular flexibility index (Phi) is 8.31. The second-order valence-electron chi connectivity index (χ2n) is 8.06. The molecule has 0 unspecified atom stereocenters. The number of para-hydroxylation sites is 1. The molecule has 0 saturated carbocycles. The Morgan fingerprint density at radius 3 is 2.31 bits per heavy atom. The first-order valence-corrected chi connectivity index (χ1v) is 12.7. The first kappa shape index (κ1) is 26.0. The number of anilines is 1. The summed E-state index contributed by atoms with van der Waals surface area (Å²) >= 11 is 0. The average molecular weight is 499 g/mol. The first-order chi connectivity index (χ1) is 16.6. The highest BCUT2D eigenvalue weighted by Gasteiger charge is 2.21. The van der Waals surface area contributed by atoms with Crippen molar-refractivity contribution in [3.63, 3.8) is 0 Å². The van der Waals surface area contributed by atoms with Crippen LogP contribution in [0.1, 0.15) is 51.6 Å². The number of hydrazine groups is 1. The van der Waals surface area contributed by atoms with Crippen LogP contribution in [0, 0.1) is 13.8 Å². The summed E-state index contributed by atoms with van der Waals surface area (Å²) in [4.78, 5) is 27.5. The molecule has 10 heteroatoms. The number of furan rings is 1. The average Bonchev–Trinajstić information content (AvgIpc) is 3.31. The van der Waals surface area contributed by atoms with Gasteiger partial charge in [-0.05, 0) is 68.4 Å². The van der Waals surface area contributed by atoms with Crippen molar-refractivity contribution in [1.29, 1.82) is 0 Å². The molecular formula is C25H30N4O5S. The zero-order chi connectivity index (χ0) is 25.6. The number of carbonyl (C=O) groups is 2. The highest BCUT2D eigenvalue weighted by atomic mass is 32.2. The van der Waals surface area contributed by atoms with Crippen molar-refractivity contribution in [2.24, 2.45) is 0 Å². The maximum Gasteiger partial charge on any atom is 0.305 e. The number of carbonyl (C=O) groups excluding carboxylic acids is 2. The predicted octanol–water partition coefficient (Wildman–Crippen LogP) is 3.61. The zero-order valence-corrected chi connectivity index (χ0v) is 21.0. The number of benzene rings is 2. The molecular weight excluding hydrogens is 468 g/mol. The topological polar surface area (TPSA) is 121 Å². The van der Waals surface area contributed by atoms with E-state index in [4.69, 9.17) is 4.42 Å². The first-order valence-electron chi connectivity index (χ1n) is 11.3. The molecule has 0 atom stereocenters. The van der Waals surface area contributed by atoms with Gasteiger partial charge in [0.1, 0.15) is 5.76 Å². The van der Waals surface area contributed by atoms with Crippen LogP contribution >= 0.6 is 0 Å². The summed E-state index contributed by atoms with van der Waals surface area (Å²) in [5, 5.41) is 0. The van der Waals surface area contributed by atoms with Gasteiger partial charge in [0.25, 0.3) is 15.9 Å². The Hall–Kier alpha value is -3.63. The molecule has 9 nitrogen and oxygen atoms in total. The minimum absolute atomic E-state index is 0.0448. The van der Waals surface area contributed by atoms with Crippen LogP contribution < -0.4 is 15.6 Å². The van der Waals surface area contributed by atoms with Gasteiger partial charge in [0.05, 0.1) is 22.7 Å². The fraction of sp³-hybridized carbons (Fsp3) is 0.280. The van der Waals surface area contributed by atoms with Gasteiger partial charge in [-0.2, -0.15) is 0 Å². The van der Waals surface area contributed by atoms with Crippen molar-refractivity contribution in [2.45, 2.75) is 39.1 Å². The number of sulfonamides is 1. The largest absolute Gasteiger partial charge is 0.454 e. The van der Waals surface area contributed by atoms with Crippen molar-refractivity contribution < 1.29 is 22.4 Å². The molecule has 1 heterocycles. The molecule has 0 bridgehead atoms. The van der Waals surface area contributed by atoms with Crippen LogP contribution in [0.5, 0.6) is 0 Å². The van der Waals surface area contributed by atoms with Gasteiger partial charge in [-0.3, -0.25) is 30.1 Å². The fourth-order valence-electron chi connectivity index (χ4n) is 3.46. The number of nitrogens with zero attached hydrogens (tertiary/aromatic N) is 1. The minimum Gasteiger partial charge on any atom is -0.454 e. The van der Waals surface area contributed by atoms with Gasteiger partial charge < -0.3 is 4.42 Å². The second kappa shape index (κ2) is 11.2. The van der Waals surface area contributed by atoms with Crippen LogP contribution in [0.2, 0.25) is 0 Å². The summed E-state index contributed by atoms with van der Waals surface area (Å²) in [7, 11) is -3.94. The lowest BCUT2D eigenvalue weighted by Crippen LogP contribution is -2.41. The monoisotopic (exact) mass is 498 g/mol. The van der Waals surface area contributed by atoms with E-state index >= 15 is 0 Å². The molecule has 186 valence electrons. The molecule has 1 aromatic heterocycles. The van der Waals surface area contributed by atoms with Gasteiger partial charge in [0, 0.05) is 0 Å². The molecule has 0 radical (unpaired) electrons. The van der Waals surface area contributed by atoms with Gasteiger partial charge in [-0.25, -0.2) is 8.42 Å². The third-order valence-corrected chi connectivity index (χ3v) is 7.01. The standard InChI is InChI=1S/C25H30N4O5S/c1-5-29(6-2)16-19-13-14-22(34-19)25(31)27-26-24(30)20-9-7-8-10-21(20)28-35(32,33)23-15-17(3)11-12-18(23)4/h7-15,28H,5-6,16H2,1-4H3,(H,26,30)(H,27,31). The third kappa shape index (κ3) is 6.49. The van der Waals surface area contributed by atoms with E-state index in [2.05, 4.69) is 20.5 Å². The van der Waals surface area contributed by atoms with Gasteiger partial charge >= 0.3 is 5.91 Å². The molecule has 35 heavy (non-hydrogen) atoms. The molecule has 2 aromatic carbocycles. The van der Waals surface area contributed by atoms with Crippen LogP contribution in [0.25, 0.3) is 0 Å². The summed E-state index contributed by atoms with van der Waals surface area (Å²) in [5.41, 5.74) is 6.12. The maximum absolute atomic E-state index is 13.0. The summed E-state index contributed by atoms with van der Waals surface area (Å²) < 4.78 is 34.0. The Morgan fingerprint density at radius 2 is 1.60 bits per heavy atom. The number of amides is 2. The summed E-state index contributed by atoms with van der Waals surface area (Å²) in [6.45, 7) is 9.84. The van der Waals surface area contributed by atoms with Gasteiger partial charge in [-0.1, -0.05) is 38.1 Å². The van der Waals surface area contributed by atoms with Gasteiger partial charge in [-0.15, -0.1) is 0 Å². The molecule has 2 amide bonds. The SMILES string of the molecule is CCN(CC)Cc1ccc(C(=O)NNC(=O)c2ccccc2NS(=O)(=O)c2cc(C)ccc2C)o1. The lowest BCUT2D eigenvalue weighted by molar-refractivity contribution is 0.0829. The molecule has 3 aromatic rings. The van der Waals surface area contributed by atoms with E-state index in [1.807, 2.05) is 19.9 Å². The van der Waals surface area contributed by atoms with Gasteiger partial charge in [0.2, 0.25) is 0 Å². The van der Waals surface area contributed by atoms with E-state index in [0.717, 1.165) is 18.7 Å². The number of aryl methyl sites for hydroxylation is 2. The van der Waals surface area contributed by atoms with Crippen molar-refractivity contribution in [3.8, 4) is 0 Å². The lowest BCUT2D eigenvalue weighted by Gasteiger charge is -2.15. The van der Waals surface area contributed by atoms with E-state index in [-0.39, 0.29) is 21.9 Å². The molecule has 0 spiro atoms. The van der Waals surface area contributed by atoms with Crippen LogP contribution in [0.15, 0.2) is 63.9 Å². The van der Waals surface area contributed by atoms with Crippen LogP contribution in [0.3, 0.4) is 0 Å². The number of hydrogen-bond donors (Lipinski definition) is 3. The summed E-state index contributed by atoms with van der Waals surface area (Å²) in [6, 6.07) is 14.5. The van der Waals surface area contributed by atoms with E-state index in [1.54, 1.807) is 44.2 Å². The van der Waals surface area contributed by atoms with Crippen LogP contribution in [-0.4, -0.2) is 38.2 Å². The maximum atomic E-state index is 13.0. The van der Waals surface area contributed by atoms with Crippen molar-refractivity contribution in [1.82, 2.24) is 15.8 Å². The van der Waals surface area contributed by atoms with Crippen LogP contribution in [0.4, 0.5) is 5.69 Å². The number of rotatable bonds is 9. The summed E-state index contributed by atoms with van der Waals surface area (Å²) in [5.74, 6) is -0.627. The fourth-order valence-corrected chi connectivity index (χ4v) is 4.87. The van der Waals surface area contributed by atoms with E-state index < -0.39 is 21.8 Å². The quantitative estimate of drug-likeness (QED) is 0.388. The van der Waals surface area contributed by atoms with Gasteiger partial charge in [0.15, 0.2) is 5.76 Å². The summed E-state index contributed by atoms with van der Waals surface area (Å²) in [6.07, 6.45) is 0. The predicted molar refractivity (Wildman–Crippen MR) is 133 cm³/mol. The highest BCUT2D eigenvalue weighted by molar-refractivity contribution is 7.92. The van der Waals surface area contributed by atoms with Crippen molar-refractivity contribution >= 4 is 27.5 Å². The Balaban J connectivity index is 1.70. The zero-order valence-electron chi connectivity index (χ0n) is 20.2. The number of hydrogen-bond acceptors (Lipinski definition) is 6. The highest BCUT2D eigenvalue weighted by Crippen LogP contribution is 2.23. The minimum atomic E-state index is -3.94. The molecule has 0 aliphatic rings. The van der Waals surface area contributed by atoms with E-state index in [1.165, 1.54) is 18.2 Å². The van der Waals surface area contributed by atoms with Crippen molar-refractivity contribution in [2.75, 3.05) is 17.8 Å². The second-order valence-corrected chi connectivity index (χ2v) is 9.71. The normalized spacial score (nSPS) is 11.3. The molecule has 3 rings (SSSR count).